The summed E-state index contributed by atoms with van der Waals surface area (Å²) in [7, 11) is 0. The van der Waals surface area contributed by atoms with Crippen molar-refractivity contribution in [2.75, 3.05) is 21.7 Å². The summed E-state index contributed by atoms with van der Waals surface area (Å²) in [5.74, 6) is -0.876. The van der Waals surface area contributed by atoms with Crippen LogP contribution in [0.1, 0.15) is 30.0 Å². The molecule has 0 atom stereocenters. The molecule has 34 heavy (non-hydrogen) atoms. The Morgan fingerprint density at radius 3 is 2.29 bits per heavy atom. The standard InChI is InChI=1S/C28H25N3O3/c1-18-9-11-21(12-10-18)25-26(30-17-5-7-20-6-3-4-8-24(20)30)28(34)31(27(25)33)23-15-13-22(14-16-23)29-19(2)32/h3-4,6,8-16H,5,7,17H2,1-2H3,(H,29,32). The minimum atomic E-state index is -0.348. The second-order valence-corrected chi connectivity index (χ2v) is 8.65. The minimum Gasteiger partial charge on any atom is -0.336 e. The van der Waals surface area contributed by atoms with Gasteiger partial charge in [0.05, 0.1) is 11.3 Å². The Morgan fingerprint density at radius 2 is 1.59 bits per heavy atom. The predicted molar refractivity (Wildman–Crippen MR) is 133 cm³/mol. The Labute approximate surface area is 198 Å². The van der Waals surface area contributed by atoms with E-state index in [1.165, 1.54) is 17.4 Å². The molecule has 6 nitrogen and oxygen atoms in total. The molecule has 0 spiro atoms. The van der Waals surface area contributed by atoms with Gasteiger partial charge in [0.1, 0.15) is 5.70 Å². The Bertz CT molecular complexity index is 1320. The summed E-state index contributed by atoms with van der Waals surface area (Å²) < 4.78 is 0. The number of anilines is 3. The number of nitrogens with one attached hydrogen (secondary N) is 1. The largest absolute Gasteiger partial charge is 0.336 e. The lowest BCUT2D eigenvalue weighted by Gasteiger charge is -2.32. The molecule has 0 unspecified atom stereocenters. The third-order valence-corrected chi connectivity index (χ3v) is 6.23. The molecule has 0 saturated carbocycles. The number of hydrogen-bond acceptors (Lipinski definition) is 4. The molecule has 2 heterocycles. The first-order valence-corrected chi connectivity index (χ1v) is 11.4. The van der Waals surface area contributed by atoms with E-state index in [9.17, 15) is 14.4 Å². The molecule has 0 aliphatic carbocycles. The molecule has 0 saturated heterocycles. The molecule has 3 amide bonds. The van der Waals surface area contributed by atoms with Gasteiger partial charge in [0.2, 0.25) is 5.91 Å². The van der Waals surface area contributed by atoms with E-state index in [4.69, 9.17) is 0 Å². The summed E-state index contributed by atoms with van der Waals surface area (Å²) in [6, 6.07) is 22.5. The van der Waals surface area contributed by atoms with E-state index in [1.807, 2.05) is 54.3 Å². The lowest BCUT2D eigenvalue weighted by atomic mass is 9.98. The first-order valence-electron chi connectivity index (χ1n) is 11.4. The summed E-state index contributed by atoms with van der Waals surface area (Å²) in [6.45, 7) is 4.09. The minimum absolute atomic E-state index is 0.185. The molecule has 2 aliphatic rings. The van der Waals surface area contributed by atoms with Gasteiger partial charge in [-0.2, -0.15) is 0 Å². The van der Waals surface area contributed by atoms with Crippen LogP contribution in [0.3, 0.4) is 0 Å². The number of benzene rings is 3. The number of hydrogen-bond donors (Lipinski definition) is 1. The number of carbonyl (C=O) groups is 3. The normalized spacial score (nSPS) is 15.6. The van der Waals surface area contributed by atoms with Crippen LogP contribution in [-0.4, -0.2) is 24.3 Å². The van der Waals surface area contributed by atoms with Crippen LogP contribution in [0.4, 0.5) is 17.1 Å². The van der Waals surface area contributed by atoms with Crippen LogP contribution in [-0.2, 0) is 20.8 Å². The van der Waals surface area contributed by atoms with E-state index in [-0.39, 0.29) is 17.7 Å². The van der Waals surface area contributed by atoms with Crippen molar-refractivity contribution >= 4 is 40.4 Å². The maximum absolute atomic E-state index is 13.9. The molecule has 6 heteroatoms. The molecule has 0 aromatic heterocycles. The van der Waals surface area contributed by atoms with Gasteiger partial charge >= 0.3 is 0 Å². The highest BCUT2D eigenvalue weighted by Crippen LogP contribution is 2.39. The molecule has 2 aliphatic heterocycles. The van der Waals surface area contributed by atoms with Crippen molar-refractivity contribution in [1.29, 1.82) is 0 Å². The number of fused-ring (bicyclic) bond motifs is 1. The van der Waals surface area contributed by atoms with Crippen molar-refractivity contribution in [3.63, 3.8) is 0 Å². The Morgan fingerprint density at radius 1 is 0.882 bits per heavy atom. The van der Waals surface area contributed by atoms with E-state index < -0.39 is 0 Å². The van der Waals surface area contributed by atoms with Crippen molar-refractivity contribution in [1.82, 2.24) is 0 Å². The number of nitrogens with zero attached hydrogens (tertiary/aromatic N) is 2. The Hall–Kier alpha value is -4.19. The quantitative estimate of drug-likeness (QED) is 0.585. The van der Waals surface area contributed by atoms with Gasteiger partial charge in [-0.05, 0) is 61.2 Å². The van der Waals surface area contributed by atoms with Gasteiger partial charge in [-0.15, -0.1) is 0 Å². The zero-order chi connectivity index (χ0) is 23.8. The van der Waals surface area contributed by atoms with Crippen LogP contribution in [0.5, 0.6) is 0 Å². The molecular formula is C28H25N3O3. The number of para-hydroxylation sites is 1. The maximum atomic E-state index is 13.9. The average Bonchev–Trinajstić information content (AvgIpc) is 3.09. The van der Waals surface area contributed by atoms with Gasteiger partial charge in [-0.3, -0.25) is 14.4 Å². The smallest absolute Gasteiger partial charge is 0.282 e. The second-order valence-electron chi connectivity index (χ2n) is 8.65. The lowest BCUT2D eigenvalue weighted by Crippen LogP contribution is -2.37. The highest BCUT2D eigenvalue weighted by atomic mass is 16.2. The first-order chi connectivity index (χ1) is 16.4. The third-order valence-electron chi connectivity index (χ3n) is 6.23. The topological polar surface area (TPSA) is 69.7 Å². The number of rotatable bonds is 4. The van der Waals surface area contributed by atoms with Crippen LogP contribution in [0.15, 0.2) is 78.5 Å². The van der Waals surface area contributed by atoms with Gasteiger partial charge in [0.25, 0.3) is 11.8 Å². The average molecular weight is 452 g/mol. The Balaban J connectivity index is 1.62. The van der Waals surface area contributed by atoms with E-state index in [0.29, 0.717) is 29.2 Å². The van der Waals surface area contributed by atoms with Crippen LogP contribution in [0.2, 0.25) is 0 Å². The molecule has 0 radical (unpaired) electrons. The van der Waals surface area contributed by atoms with Crippen molar-refractivity contribution in [3.8, 4) is 0 Å². The summed E-state index contributed by atoms with van der Waals surface area (Å²) in [6.07, 6.45) is 1.84. The van der Waals surface area contributed by atoms with Gasteiger partial charge in [0, 0.05) is 24.8 Å². The van der Waals surface area contributed by atoms with E-state index in [1.54, 1.807) is 24.3 Å². The number of amides is 3. The van der Waals surface area contributed by atoms with Crippen molar-refractivity contribution in [2.24, 2.45) is 0 Å². The van der Waals surface area contributed by atoms with Crippen LogP contribution >= 0.6 is 0 Å². The van der Waals surface area contributed by atoms with Gasteiger partial charge in [-0.25, -0.2) is 4.90 Å². The number of aryl methyl sites for hydroxylation is 2. The molecule has 3 aromatic rings. The van der Waals surface area contributed by atoms with Crippen LogP contribution in [0, 0.1) is 6.92 Å². The highest BCUT2D eigenvalue weighted by molar-refractivity contribution is 6.46. The molecule has 170 valence electrons. The fourth-order valence-corrected chi connectivity index (χ4v) is 4.65. The predicted octanol–water partition coefficient (Wildman–Crippen LogP) is 4.69. The first kappa shape index (κ1) is 21.6. The van der Waals surface area contributed by atoms with E-state index in [2.05, 4.69) is 11.4 Å². The van der Waals surface area contributed by atoms with Crippen molar-refractivity contribution in [3.05, 3.63) is 95.2 Å². The summed E-state index contributed by atoms with van der Waals surface area (Å²) in [5, 5.41) is 2.71. The number of imide groups is 1. The third kappa shape index (κ3) is 3.77. The summed E-state index contributed by atoms with van der Waals surface area (Å²) in [4.78, 5) is 42.2. The van der Waals surface area contributed by atoms with Crippen molar-refractivity contribution in [2.45, 2.75) is 26.7 Å². The van der Waals surface area contributed by atoms with Gasteiger partial charge in [-0.1, -0.05) is 48.0 Å². The van der Waals surface area contributed by atoms with E-state index in [0.717, 1.165) is 29.7 Å². The van der Waals surface area contributed by atoms with Gasteiger partial charge < -0.3 is 10.2 Å². The molecule has 5 rings (SSSR count). The van der Waals surface area contributed by atoms with Crippen LogP contribution in [0.25, 0.3) is 5.57 Å². The van der Waals surface area contributed by atoms with Crippen molar-refractivity contribution < 1.29 is 14.4 Å². The summed E-state index contributed by atoms with van der Waals surface area (Å²) >= 11 is 0. The molecular weight excluding hydrogens is 426 g/mol. The monoisotopic (exact) mass is 451 g/mol. The van der Waals surface area contributed by atoms with E-state index >= 15 is 0 Å². The number of carbonyl (C=O) groups excluding carboxylic acids is 3. The highest BCUT2D eigenvalue weighted by Gasteiger charge is 2.43. The molecule has 1 N–H and O–H groups in total. The molecule has 3 aromatic carbocycles. The summed E-state index contributed by atoms with van der Waals surface area (Å²) in [5.41, 5.74) is 5.83. The Kier molecular flexibility index (Phi) is 5.49. The lowest BCUT2D eigenvalue weighted by molar-refractivity contribution is -0.120. The molecule has 0 bridgehead atoms. The molecule has 0 fully saturated rings. The SMILES string of the molecule is CC(=O)Nc1ccc(N2C(=O)C(c3ccc(C)cc3)=C(N3CCCc4ccccc43)C2=O)cc1. The zero-order valence-electron chi connectivity index (χ0n) is 19.2. The maximum Gasteiger partial charge on any atom is 0.282 e. The van der Waals surface area contributed by atoms with Crippen LogP contribution < -0.4 is 15.1 Å². The fourth-order valence-electron chi connectivity index (χ4n) is 4.65. The van der Waals surface area contributed by atoms with Gasteiger partial charge in [0.15, 0.2) is 0 Å². The zero-order valence-corrected chi connectivity index (χ0v) is 19.2. The second kappa shape index (κ2) is 8.63. The fraction of sp³-hybridized carbons (Fsp3) is 0.179.